The Balaban J connectivity index is 5.22. The van der Waals surface area contributed by atoms with Gasteiger partial charge >= 0.3 is 39.5 Å². The maximum absolute atomic E-state index is 13.0. The van der Waals surface area contributed by atoms with E-state index in [0.29, 0.717) is 37.5 Å². The average Bonchev–Trinajstić information content (AvgIpc) is 3.49. The zero-order chi connectivity index (χ0) is 65.4. The van der Waals surface area contributed by atoms with Crippen molar-refractivity contribution in [2.45, 2.75) is 356 Å². The molecule has 0 spiro atoms. The van der Waals surface area contributed by atoms with E-state index in [1.165, 1.54) is 135 Å². The molecule has 522 valence electrons. The van der Waals surface area contributed by atoms with E-state index in [2.05, 4.69) is 55.4 Å². The molecule has 0 saturated carbocycles. The van der Waals surface area contributed by atoms with E-state index in [4.69, 9.17) is 37.0 Å². The third kappa shape index (κ3) is 61.6. The van der Waals surface area contributed by atoms with E-state index in [0.717, 1.165) is 108 Å². The van der Waals surface area contributed by atoms with Crippen LogP contribution in [0.25, 0.3) is 0 Å². The Morgan fingerprint density at radius 2 is 0.545 bits per heavy atom. The van der Waals surface area contributed by atoms with Crippen LogP contribution in [0.5, 0.6) is 0 Å². The quantitative estimate of drug-likeness (QED) is 0.0222. The van der Waals surface area contributed by atoms with Crippen molar-refractivity contribution in [3.63, 3.8) is 0 Å². The number of ether oxygens (including phenoxy) is 4. The fraction of sp³-hybridized carbons (Fsp3) is 0.942. The van der Waals surface area contributed by atoms with Crippen LogP contribution >= 0.6 is 15.6 Å². The minimum Gasteiger partial charge on any atom is -0.462 e. The van der Waals surface area contributed by atoms with Crippen LogP contribution in [-0.2, 0) is 65.4 Å². The lowest BCUT2D eigenvalue weighted by Gasteiger charge is -2.21. The number of aliphatic hydroxyl groups is 1. The molecule has 6 atom stereocenters. The van der Waals surface area contributed by atoms with Gasteiger partial charge in [-0.25, -0.2) is 9.13 Å². The van der Waals surface area contributed by atoms with E-state index < -0.39 is 97.5 Å². The first-order valence-electron chi connectivity index (χ1n) is 35.7. The molecule has 0 aromatic carbocycles. The lowest BCUT2D eigenvalue weighted by molar-refractivity contribution is -0.161. The van der Waals surface area contributed by atoms with Crippen molar-refractivity contribution in [1.29, 1.82) is 0 Å². The maximum Gasteiger partial charge on any atom is 0.472 e. The molecule has 17 nitrogen and oxygen atoms in total. The van der Waals surface area contributed by atoms with Crippen LogP contribution in [0.2, 0.25) is 0 Å². The Hall–Kier alpha value is -1.94. The predicted octanol–water partition coefficient (Wildman–Crippen LogP) is 19.3. The van der Waals surface area contributed by atoms with Gasteiger partial charge in [0.2, 0.25) is 0 Å². The molecule has 0 saturated heterocycles. The summed E-state index contributed by atoms with van der Waals surface area (Å²) in [5.41, 5.74) is 0. The molecule has 0 bridgehead atoms. The number of rotatable bonds is 66. The van der Waals surface area contributed by atoms with Gasteiger partial charge in [0.1, 0.15) is 19.3 Å². The van der Waals surface area contributed by atoms with E-state index in [1.54, 1.807) is 0 Å². The lowest BCUT2D eigenvalue weighted by atomic mass is 9.99. The number of esters is 4. The molecular formula is C69H134O17P2. The zero-order valence-electron chi connectivity index (χ0n) is 57.3. The van der Waals surface area contributed by atoms with Crippen molar-refractivity contribution in [2.24, 2.45) is 23.7 Å². The Bertz CT molecular complexity index is 1750. The molecule has 0 heterocycles. The van der Waals surface area contributed by atoms with Gasteiger partial charge < -0.3 is 33.8 Å². The highest BCUT2D eigenvalue weighted by molar-refractivity contribution is 7.47. The SMILES string of the molecule is CCC(C)CCCCCCCCCCCCC(=O)OC[C@H](COP(=O)(O)OCC(O)COP(=O)(O)OC[C@@H](COC(=O)CCCCCCCCCC(C)C)OC(=O)CCCCCCCCCCCCCCC(C)C)OC(=O)CCCCCCCCC(C)C. The lowest BCUT2D eigenvalue weighted by Crippen LogP contribution is -2.30. The normalized spacial score (nSPS) is 14.6. The molecule has 3 N–H and O–H groups in total. The Labute approximate surface area is 537 Å². The van der Waals surface area contributed by atoms with Gasteiger partial charge in [0.25, 0.3) is 0 Å². The van der Waals surface area contributed by atoms with Crippen LogP contribution in [0.4, 0.5) is 0 Å². The smallest absolute Gasteiger partial charge is 0.462 e. The van der Waals surface area contributed by atoms with Crippen LogP contribution in [0.1, 0.15) is 338 Å². The molecule has 19 heteroatoms. The molecule has 0 aliphatic rings. The largest absolute Gasteiger partial charge is 0.472 e. The molecule has 0 fully saturated rings. The summed E-state index contributed by atoms with van der Waals surface area (Å²) in [7, 11) is -9.90. The van der Waals surface area contributed by atoms with Crippen molar-refractivity contribution in [1.82, 2.24) is 0 Å². The van der Waals surface area contributed by atoms with Gasteiger partial charge in [-0.3, -0.25) is 37.3 Å². The van der Waals surface area contributed by atoms with Crippen molar-refractivity contribution >= 4 is 39.5 Å². The van der Waals surface area contributed by atoms with Gasteiger partial charge in [-0.05, 0) is 49.4 Å². The average molecular weight is 1300 g/mol. The number of phosphoric acid groups is 2. The van der Waals surface area contributed by atoms with Gasteiger partial charge in [0, 0.05) is 25.7 Å². The minimum absolute atomic E-state index is 0.101. The molecule has 0 aromatic rings. The number of aliphatic hydroxyl groups excluding tert-OH is 1. The Morgan fingerprint density at radius 3 is 0.807 bits per heavy atom. The summed E-state index contributed by atoms with van der Waals surface area (Å²) in [5, 5.41) is 10.6. The van der Waals surface area contributed by atoms with E-state index in [1.807, 2.05) is 0 Å². The number of unbranched alkanes of at least 4 members (excludes halogenated alkanes) is 31. The summed E-state index contributed by atoms with van der Waals surface area (Å²) in [6, 6.07) is 0. The second-order valence-electron chi connectivity index (χ2n) is 26.6. The van der Waals surface area contributed by atoms with Gasteiger partial charge in [0.15, 0.2) is 12.2 Å². The van der Waals surface area contributed by atoms with Gasteiger partial charge in [-0.2, -0.15) is 0 Å². The minimum atomic E-state index is -4.95. The van der Waals surface area contributed by atoms with E-state index in [-0.39, 0.29) is 25.7 Å². The number of carbonyl (C=O) groups excluding carboxylic acids is 4. The number of phosphoric ester groups is 2. The van der Waals surface area contributed by atoms with Crippen LogP contribution in [-0.4, -0.2) is 96.7 Å². The van der Waals surface area contributed by atoms with Crippen molar-refractivity contribution in [3.05, 3.63) is 0 Å². The van der Waals surface area contributed by atoms with Gasteiger partial charge in [-0.15, -0.1) is 0 Å². The first-order chi connectivity index (χ1) is 42.1. The topological polar surface area (TPSA) is 237 Å². The second kappa shape index (κ2) is 58.8. The summed E-state index contributed by atoms with van der Waals surface area (Å²) < 4.78 is 68.2. The van der Waals surface area contributed by atoms with Gasteiger partial charge in [0.05, 0.1) is 26.4 Å². The summed E-state index contributed by atoms with van der Waals surface area (Å²) in [6.45, 7) is 14.0. The van der Waals surface area contributed by atoms with Crippen LogP contribution in [0, 0.1) is 23.7 Å². The highest BCUT2D eigenvalue weighted by atomic mass is 31.2. The highest BCUT2D eigenvalue weighted by Gasteiger charge is 2.30. The van der Waals surface area contributed by atoms with Crippen molar-refractivity contribution in [2.75, 3.05) is 39.6 Å². The summed E-state index contributed by atoms with van der Waals surface area (Å²) in [6.07, 6.45) is 40.5. The van der Waals surface area contributed by atoms with Crippen LogP contribution < -0.4 is 0 Å². The molecule has 0 amide bonds. The number of hydrogen-bond acceptors (Lipinski definition) is 15. The molecule has 0 radical (unpaired) electrons. The standard InChI is InChI=1S/C69H134O17P2/c1-9-62(8)48-40-32-23-17-14-15-18-24-33-41-49-66(71)79-56-65(86-69(74)52-44-36-28-27-31-39-47-61(6)7)58-84-88(77,78)82-54-63(70)53-81-87(75,76)83-57-64(55-80-67(72)50-42-34-26-20-22-30-38-46-60(4)5)85-68(73)51-43-35-25-19-13-11-10-12-16-21-29-37-45-59(2)3/h59-65,70H,9-58H2,1-8H3,(H,75,76)(H,77,78)/t62?,63?,64-,65-/m1/s1. The first-order valence-corrected chi connectivity index (χ1v) is 38.7. The summed E-state index contributed by atoms with van der Waals surface area (Å²) in [5.74, 6) is 0.825. The number of carbonyl (C=O) groups is 4. The Morgan fingerprint density at radius 1 is 0.318 bits per heavy atom. The molecule has 88 heavy (non-hydrogen) atoms. The molecule has 4 unspecified atom stereocenters. The van der Waals surface area contributed by atoms with Crippen molar-refractivity contribution in [3.8, 4) is 0 Å². The van der Waals surface area contributed by atoms with E-state index in [9.17, 15) is 43.2 Å². The number of hydrogen-bond donors (Lipinski definition) is 3. The molecule has 0 rings (SSSR count). The molecular weight excluding hydrogens is 1160 g/mol. The first kappa shape index (κ1) is 86.1. The summed E-state index contributed by atoms with van der Waals surface area (Å²) in [4.78, 5) is 72.4. The predicted molar refractivity (Wildman–Crippen MR) is 354 cm³/mol. The molecule has 0 aliphatic carbocycles. The monoisotopic (exact) mass is 1300 g/mol. The van der Waals surface area contributed by atoms with Crippen LogP contribution in [0.3, 0.4) is 0 Å². The Kier molecular flexibility index (Phi) is 57.6. The van der Waals surface area contributed by atoms with Gasteiger partial charge in [-0.1, -0.05) is 287 Å². The summed E-state index contributed by atoms with van der Waals surface area (Å²) >= 11 is 0. The fourth-order valence-corrected chi connectivity index (χ4v) is 11.9. The van der Waals surface area contributed by atoms with Crippen molar-refractivity contribution < 1.29 is 80.2 Å². The third-order valence-electron chi connectivity index (χ3n) is 16.2. The van der Waals surface area contributed by atoms with E-state index >= 15 is 0 Å². The molecule has 0 aliphatic heterocycles. The maximum atomic E-state index is 13.0. The third-order valence-corrected chi connectivity index (χ3v) is 18.1. The highest BCUT2D eigenvalue weighted by Crippen LogP contribution is 2.45. The zero-order valence-corrected chi connectivity index (χ0v) is 59.1. The van der Waals surface area contributed by atoms with Crippen LogP contribution in [0.15, 0.2) is 0 Å². The second-order valence-corrected chi connectivity index (χ2v) is 29.5. The molecule has 0 aromatic heterocycles. The fourth-order valence-electron chi connectivity index (χ4n) is 10.3.